The van der Waals surface area contributed by atoms with Crippen LogP contribution < -0.4 is 20.1 Å². The van der Waals surface area contributed by atoms with Gasteiger partial charge >= 0.3 is 6.03 Å². The second-order valence-corrected chi connectivity index (χ2v) is 10.5. The molecule has 0 bridgehead atoms. The monoisotopic (exact) mass is 556 g/mol. The van der Waals surface area contributed by atoms with Crippen molar-refractivity contribution in [2.24, 2.45) is 0 Å². The molecule has 0 fully saturated rings. The number of fused-ring (bicyclic) bond motifs is 1. The number of hydrogen-bond donors (Lipinski definition) is 2. The lowest BCUT2D eigenvalue weighted by atomic mass is 10.1. The molecule has 3 aromatic carbocycles. The molecule has 0 aliphatic rings. The maximum atomic E-state index is 14.7. The van der Waals surface area contributed by atoms with Gasteiger partial charge in [-0.3, -0.25) is 4.98 Å². The third kappa shape index (κ3) is 6.93. The van der Waals surface area contributed by atoms with Crippen molar-refractivity contribution in [1.29, 1.82) is 5.26 Å². The first-order valence-electron chi connectivity index (χ1n) is 11.2. The van der Waals surface area contributed by atoms with Crippen LogP contribution in [0.1, 0.15) is 5.56 Å². The Balaban J connectivity index is 1.50. The number of carbonyl (C=O) groups is 1. The highest BCUT2D eigenvalue weighted by Gasteiger charge is 2.15. The van der Waals surface area contributed by atoms with Crippen LogP contribution in [-0.4, -0.2) is 38.0 Å². The maximum absolute atomic E-state index is 14.7. The predicted molar refractivity (Wildman–Crippen MR) is 137 cm³/mol. The smallest absolute Gasteiger partial charge is 0.323 e. The van der Waals surface area contributed by atoms with Crippen LogP contribution in [0.25, 0.3) is 10.9 Å². The summed E-state index contributed by atoms with van der Waals surface area (Å²) in [5.41, 5.74) is -0.0309. The van der Waals surface area contributed by atoms with E-state index >= 15 is 0 Å². The molecule has 4 aromatic rings. The number of nitrogens with zero attached hydrogens (tertiary/aromatic N) is 2. The van der Waals surface area contributed by atoms with E-state index in [1.165, 1.54) is 36.5 Å². The van der Waals surface area contributed by atoms with Crippen LogP contribution in [0.4, 0.5) is 29.3 Å². The SMILES string of the molecule is CS(=O)(=O)CCOc1cc2nccc(Oc3ccc(NC(=O)Nc4ccc(F)cc4F)c(F)c3)c2cc1C#N. The summed E-state index contributed by atoms with van der Waals surface area (Å²) < 4.78 is 75.5. The number of anilines is 2. The number of halogens is 3. The van der Waals surface area contributed by atoms with Crippen LogP contribution in [0, 0.1) is 28.8 Å². The lowest BCUT2D eigenvalue weighted by Crippen LogP contribution is -2.20. The number of nitriles is 1. The van der Waals surface area contributed by atoms with Gasteiger partial charge in [-0.15, -0.1) is 0 Å². The van der Waals surface area contributed by atoms with E-state index in [-0.39, 0.29) is 46.5 Å². The minimum absolute atomic E-state index is 0.0579. The minimum Gasteiger partial charge on any atom is -0.491 e. The van der Waals surface area contributed by atoms with Gasteiger partial charge in [-0.05, 0) is 36.4 Å². The van der Waals surface area contributed by atoms with Gasteiger partial charge in [0.05, 0.1) is 28.2 Å². The highest BCUT2D eigenvalue weighted by atomic mass is 32.2. The summed E-state index contributed by atoms with van der Waals surface area (Å²) in [6.07, 6.45) is 2.50. The van der Waals surface area contributed by atoms with Gasteiger partial charge in [0.25, 0.3) is 0 Å². The molecule has 0 atom stereocenters. The van der Waals surface area contributed by atoms with Crippen molar-refractivity contribution < 1.29 is 35.9 Å². The van der Waals surface area contributed by atoms with E-state index in [0.29, 0.717) is 17.0 Å². The van der Waals surface area contributed by atoms with Gasteiger partial charge in [-0.2, -0.15) is 5.26 Å². The summed E-state index contributed by atoms with van der Waals surface area (Å²) in [5.74, 6) is -2.45. The molecule has 0 aliphatic heterocycles. The molecule has 2 N–H and O–H groups in total. The van der Waals surface area contributed by atoms with Gasteiger partial charge in [-0.25, -0.2) is 26.4 Å². The fourth-order valence-electron chi connectivity index (χ4n) is 3.40. The molecule has 39 heavy (non-hydrogen) atoms. The van der Waals surface area contributed by atoms with E-state index in [4.69, 9.17) is 9.47 Å². The van der Waals surface area contributed by atoms with Crippen LogP contribution in [0.2, 0.25) is 0 Å². The van der Waals surface area contributed by atoms with Crippen LogP contribution >= 0.6 is 0 Å². The third-order valence-electron chi connectivity index (χ3n) is 5.23. The summed E-state index contributed by atoms with van der Waals surface area (Å²) in [7, 11) is -3.26. The van der Waals surface area contributed by atoms with Gasteiger partial charge in [-0.1, -0.05) is 0 Å². The van der Waals surface area contributed by atoms with E-state index in [0.717, 1.165) is 24.5 Å². The molecule has 0 radical (unpaired) electrons. The number of nitrogens with one attached hydrogen (secondary N) is 2. The average Bonchev–Trinajstić information content (AvgIpc) is 2.86. The van der Waals surface area contributed by atoms with E-state index in [9.17, 15) is 31.6 Å². The zero-order valence-electron chi connectivity index (χ0n) is 20.2. The van der Waals surface area contributed by atoms with Crippen molar-refractivity contribution in [3.05, 3.63) is 83.8 Å². The molecule has 2 amide bonds. The lowest BCUT2D eigenvalue weighted by molar-refractivity contribution is 0.262. The molecule has 4 rings (SSSR count). The number of benzene rings is 3. The number of sulfone groups is 1. The molecule has 0 aliphatic carbocycles. The van der Waals surface area contributed by atoms with Crippen LogP contribution in [-0.2, 0) is 9.84 Å². The third-order valence-corrected chi connectivity index (χ3v) is 6.14. The number of urea groups is 1. The van der Waals surface area contributed by atoms with Crippen molar-refractivity contribution in [3.8, 4) is 23.3 Å². The molecule has 13 heteroatoms. The molecule has 1 aromatic heterocycles. The summed E-state index contributed by atoms with van der Waals surface area (Å²) >= 11 is 0. The quantitative estimate of drug-likeness (QED) is 0.298. The number of carbonyl (C=O) groups excluding carboxylic acids is 1. The molecular weight excluding hydrogens is 537 g/mol. The Hall–Kier alpha value is -4.83. The number of ether oxygens (including phenoxy) is 2. The molecule has 0 saturated carbocycles. The zero-order valence-corrected chi connectivity index (χ0v) is 21.0. The van der Waals surface area contributed by atoms with Crippen molar-refractivity contribution in [2.75, 3.05) is 29.2 Å². The van der Waals surface area contributed by atoms with Crippen LogP contribution in [0.3, 0.4) is 0 Å². The molecule has 1 heterocycles. The van der Waals surface area contributed by atoms with E-state index in [2.05, 4.69) is 15.6 Å². The first kappa shape index (κ1) is 27.2. The Morgan fingerprint density at radius 2 is 1.67 bits per heavy atom. The second kappa shape index (κ2) is 11.3. The van der Waals surface area contributed by atoms with Gasteiger partial charge in [0.2, 0.25) is 0 Å². The predicted octanol–water partition coefficient (Wildman–Crippen LogP) is 5.38. The van der Waals surface area contributed by atoms with Crippen molar-refractivity contribution >= 4 is 38.1 Å². The Morgan fingerprint density at radius 1 is 0.974 bits per heavy atom. The summed E-state index contributed by atoms with van der Waals surface area (Å²) in [6, 6.07) is 11.6. The van der Waals surface area contributed by atoms with Gasteiger partial charge in [0.1, 0.15) is 47.4 Å². The van der Waals surface area contributed by atoms with Crippen LogP contribution in [0.15, 0.2) is 60.8 Å². The van der Waals surface area contributed by atoms with E-state index in [1.54, 1.807) is 0 Å². The Bertz CT molecular complexity index is 1730. The number of hydrogen-bond acceptors (Lipinski definition) is 7. The topological polar surface area (TPSA) is 130 Å². The number of rotatable bonds is 8. The highest BCUT2D eigenvalue weighted by molar-refractivity contribution is 7.90. The second-order valence-electron chi connectivity index (χ2n) is 8.21. The molecule has 0 spiro atoms. The first-order chi connectivity index (χ1) is 18.5. The average molecular weight is 557 g/mol. The van der Waals surface area contributed by atoms with Crippen LogP contribution in [0.5, 0.6) is 17.2 Å². The summed E-state index contributed by atoms with van der Waals surface area (Å²) in [5, 5.41) is 14.3. The number of pyridine rings is 1. The number of amides is 2. The number of aromatic nitrogens is 1. The molecule has 0 unspecified atom stereocenters. The molecule has 9 nitrogen and oxygen atoms in total. The highest BCUT2D eigenvalue weighted by Crippen LogP contribution is 2.34. The van der Waals surface area contributed by atoms with Gasteiger partial charge in [0, 0.05) is 36.0 Å². The summed E-state index contributed by atoms with van der Waals surface area (Å²) in [6.45, 7) is -0.147. The summed E-state index contributed by atoms with van der Waals surface area (Å²) in [4.78, 5) is 16.4. The van der Waals surface area contributed by atoms with E-state index in [1.807, 2.05) is 6.07 Å². The lowest BCUT2D eigenvalue weighted by Gasteiger charge is -2.13. The van der Waals surface area contributed by atoms with Crippen molar-refractivity contribution in [3.63, 3.8) is 0 Å². The normalized spacial score (nSPS) is 11.1. The maximum Gasteiger partial charge on any atom is 0.323 e. The van der Waals surface area contributed by atoms with Gasteiger partial charge in [0.15, 0.2) is 9.84 Å². The molecular formula is C26H19F3N4O5S. The zero-order chi connectivity index (χ0) is 28.2. The van der Waals surface area contributed by atoms with Gasteiger partial charge < -0.3 is 20.1 Å². The minimum atomic E-state index is -3.26. The molecule has 200 valence electrons. The van der Waals surface area contributed by atoms with Crippen molar-refractivity contribution in [2.45, 2.75) is 0 Å². The largest absolute Gasteiger partial charge is 0.491 e. The molecule has 0 saturated heterocycles. The Kier molecular flexibility index (Phi) is 7.87. The van der Waals surface area contributed by atoms with Crippen molar-refractivity contribution in [1.82, 2.24) is 4.98 Å². The fraction of sp³-hybridized carbons (Fsp3) is 0.115. The van der Waals surface area contributed by atoms with E-state index < -0.39 is 33.3 Å². The Labute approximate surface area is 220 Å². The standard InChI is InChI=1S/C26H19F3N4O5S/c1-39(35,36)9-8-37-25-13-23-18(10-15(25)14-30)24(6-7-31-23)38-17-3-5-22(20(29)12-17)33-26(34)32-21-4-2-16(27)11-19(21)28/h2-7,10-13H,8-9H2,1H3,(H2,32,33,34). The fourth-order valence-corrected chi connectivity index (χ4v) is 3.79. The first-order valence-corrected chi connectivity index (χ1v) is 13.2. The Morgan fingerprint density at radius 3 is 2.31 bits per heavy atom.